The van der Waals surface area contributed by atoms with E-state index in [4.69, 9.17) is 0 Å². The van der Waals surface area contributed by atoms with Gasteiger partial charge in [0.1, 0.15) is 5.82 Å². The second-order valence-corrected chi connectivity index (χ2v) is 5.89. The van der Waals surface area contributed by atoms with Gasteiger partial charge < -0.3 is 15.4 Å². The molecule has 0 saturated heterocycles. The van der Waals surface area contributed by atoms with Crippen molar-refractivity contribution in [1.82, 2.24) is 9.38 Å². The Morgan fingerprint density at radius 2 is 1.92 bits per heavy atom. The molecule has 7 heteroatoms. The molecule has 0 fully saturated rings. The van der Waals surface area contributed by atoms with Crippen LogP contribution in [0, 0.1) is 21.8 Å². The number of nitrogens with zero attached hydrogens (tertiary/aromatic N) is 3. The number of pyridine rings is 1. The molecule has 2 heterocycles. The van der Waals surface area contributed by atoms with Crippen LogP contribution in [0.3, 0.4) is 0 Å². The number of nitrogens with one attached hydrogen (secondary N) is 1. The van der Waals surface area contributed by atoms with Crippen LogP contribution in [0.25, 0.3) is 5.65 Å². The average Bonchev–Trinajstić information content (AvgIpc) is 2.91. The molecule has 0 amide bonds. The first-order valence-corrected chi connectivity index (χ1v) is 7.61. The van der Waals surface area contributed by atoms with Crippen molar-refractivity contribution in [3.05, 3.63) is 70.2 Å². The fourth-order valence-corrected chi connectivity index (χ4v) is 2.71. The molecule has 0 spiro atoms. The summed E-state index contributed by atoms with van der Waals surface area (Å²) in [4.78, 5) is 15.4. The standard InChI is InChI=1S/C17H17FN4O2/c1-11(2)15(12-6-8-13(18)9-7-12)20-16-17(22(23)24)21-10-4-3-5-14(21)19-16/h3-11,15,20H,1-2H3. The lowest BCUT2D eigenvalue weighted by Crippen LogP contribution is -2.17. The second-order valence-electron chi connectivity index (χ2n) is 5.89. The Morgan fingerprint density at radius 1 is 1.21 bits per heavy atom. The SMILES string of the molecule is CC(C)C(Nc1nc2ccccn2c1[N+](=O)[O-])c1ccc(F)cc1. The quantitative estimate of drug-likeness (QED) is 0.563. The van der Waals surface area contributed by atoms with Crippen LogP contribution in [0.4, 0.5) is 16.0 Å². The molecule has 1 N–H and O–H groups in total. The highest BCUT2D eigenvalue weighted by atomic mass is 19.1. The number of halogens is 1. The minimum absolute atomic E-state index is 0.113. The molecule has 0 aliphatic heterocycles. The number of rotatable bonds is 5. The summed E-state index contributed by atoms with van der Waals surface area (Å²) in [6.45, 7) is 3.98. The van der Waals surface area contributed by atoms with Gasteiger partial charge >= 0.3 is 5.82 Å². The summed E-state index contributed by atoms with van der Waals surface area (Å²) in [7, 11) is 0. The molecule has 6 nitrogen and oxygen atoms in total. The summed E-state index contributed by atoms with van der Waals surface area (Å²) in [6, 6.07) is 11.1. The molecule has 0 radical (unpaired) electrons. The molecular formula is C17H17FN4O2. The van der Waals surface area contributed by atoms with E-state index in [1.165, 1.54) is 16.5 Å². The van der Waals surface area contributed by atoms with Crippen molar-refractivity contribution in [2.24, 2.45) is 5.92 Å². The maximum Gasteiger partial charge on any atom is 0.372 e. The van der Waals surface area contributed by atoms with Crippen molar-refractivity contribution in [3.63, 3.8) is 0 Å². The summed E-state index contributed by atoms with van der Waals surface area (Å²) in [6.07, 6.45) is 1.61. The van der Waals surface area contributed by atoms with Gasteiger partial charge in [0.25, 0.3) is 0 Å². The van der Waals surface area contributed by atoms with Gasteiger partial charge in [-0.15, -0.1) is 0 Å². The third-order valence-electron chi connectivity index (χ3n) is 3.87. The first-order chi connectivity index (χ1) is 11.5. The Balaban J connectivity index is 2.04. The monoisotopic (exact) mass is 328 g/mol. The molecule has 0 bridgehead atoms. The molecule has 1 aromatic carbocycles. The van der Waals surface area contributed by atoms with E-state index < -0.39 is 4.92 Å². The van der Waals surface area contributed by atoms with Crippen LogP contribution in [0.15, 0.2) is 48.7 Å². The first kappa shape index (κ1) is 15.9. The number of fused-ring (bicyclic) bond motifs is 1. The van der Waals surface area contributed by atoms with E-state index in [1.54, 1.807) is 36.5 Å². The molecule has 24 heavy (non-hydrogen) atoms. The molecule has 2 aromatic heterocycles. The van der Waals surface area contributed by atoms with Crippen molar-refractivity contribution in [2.45, 2.75) is 19.9 Å². The van der Waals surface area contributed by atoms with Crippen LogP contribution in [0.1, 0.15) is 25.5 Å². The number of hydrogen-bond acceptors (Lipinski definition) is 4. The summed E-state index contributed by atoms with van der Waals surface area (Å²) in [5.41, 5.74) is 1.34. The van der Waals surface area contributed by atoms with Crippen LogP contribution in [0.2, 0.25) is 0 Å². The van der Waals surface area contributed by atoms with Gasteiger partial charge in [0.05, 0.1) is 12.2 Å². The number of anilines is 1. The smallest absolute Gasteiger partial charge is 0.358 e. The van der Waals surface area contributed by atoms with Crippen LogP contribution in [0.5, 0.6) is 0 Å². The number of nitro groups is 1. The van der Waals surface area contributed by atoms with Gasteiger partial charge in [0.2, 0.25) is 11.5 Å². The largest absolute Gasteiger partial charge is 0.372 e. The molecule has 0 aliphatic rings. The topological polar surface area (TPSA) is 72.5 Å². The van der Waals surface area contributed by atoms with Crippen LogP contribution in [-0.2, 0) is 0 Å². The molecule has 124 valence electrons. The molecule has 3 rings (SSSR count). The highest BCUT2D eigenvalue weighted by molar-refractivity contribution is 5.62. The van der Waals surface area contributed by atoms with Gasteiger partial charge in [-0.2, -0.15) is 9.38 Å². The van der Waals surface area contributed by atoms with Gasteiger partial charge in [-0.05, 0) is 34.6 Å². The van der Waals surface area contributed by atoms with E-state index in [9.17, 15) is 14.5 Å². The van der Waals surface area contributed by atoms with Crippen LogP contribution >= 0.6 is 0 Å². The lowest BCUT2D eigenvalue weighted by atomic mass is 9.96. The maximum absolute atomic E-state index is 13.2. The zero-order chi connectivity index (χ0) is 17.3. The summed E-state index contributed by atoms with van der Waals surface area (Å²) < 4.78 is 14.6. The first-order valence-electron chi connectivity index (χ1n) is 7.61. The van der Waals surface area contributed by atoms with E-state index in [1.807, 2.05) is 13.8 Å². The summed E-state index contributed by atoms with van der Waals surface area (Å²) >= 11 is 0. The Morgan fingerprint density at radius 3 is 2.54 bits per heavy atom. The van der Waals surface area contributed by atoms with Gasteiger partial charge in [-0.1, -0.05) is 32.0 Å². The molecule has 0 aliphatic carbocycles. The highest BCUT2D eigenvalue weighted by Gasteiger charge is 2.26. The Bertz CT molecular complexity index is 874. The van der Waals surface area contributed by atoms with Crippen LogP contribution < -0.4 is 5.32 Å². The molecule has 0 saturated carbocycles. The van der Waals surface area contributed by atoms with Gasteiger partial charge in [-0.25, -0.2) is 4.39 Å². The summed E-state index contributed by atoms with van der Waals surface area (Å²) in [5, 5.41) is 14.6. The van der Waals surface area contributed by atoms with E-state index >= 15 is 0 Å². The number of benzene rings is 1. The number of imidazole rings is 1. The van der Waals surface area contributed by atoms with Crippen LogP contribution in [-0.4, -0.2) is 14.3 Å². The van der Waals surface area contributed by atoms with Gasteiger partial charge in [0, 0.05) is 6.07 Å². The second kappa shape index (κ2) is 6.27. The average molecular weight is 328 g/mol. The lowest BCUT2D eigenvalue weighted by molar-refractivity contribution is -0.389. The van der Waals surface area contributed by atoms with E-state index in [0.717, 1.165) is 5.56 Å². The normalized spacial score (nSPS) is 12.5. The Kier molecular flexibility index (Phi) is 4.16. The van der Waals surface area contributed by atoms with E-state index in [-0.39, 0.29) is 29.4 Å². The minimum Gasteiger partial charge on any atom is -0.358 e. The Hall–Kier alpha value is -2.96. The number of hydrogen-bond donors (Lipinski definition) is 1. The molecular weight excluding hydrogens is 311 g/mol. The highest BCUT2D eigenvalue weighted by Crippen LogP contribution is 2.32. The molecule has 3 aromatic rings. The van der Waals surface area contributed by atoms with Gasteiger partial charge in [0.15, 0.2) is 0 Å². The fraction of sp³-hybridized carbons (Fsp3) is 0.235. The fourth-order valence-electron chi connectivity index (χ4n) is 2.71. The third kappa shape index (κ3) is 2.92. The zero-order valence-corrected chi connectivity index (χ0v) is 13.3. The van der Waals surface area contributed by atoms with Gasteiger partial charge in [-0.3, -0.25) is 0 Å². The minimum atomic E-state index is -0.454. The third-order valence-corrected chi connectivity index (χ3v) is 3.87. The predicted octanol–water partition coefficient (Wildman–Crippen LogP) is 4.19. The lowest BCUT2D eigenvalue weighted by Gasteiger charge is -2.22. The van der Waals surface area contributed by atoms with Crippen molar-refractivity contribution < 1.29 is 9.31 Å². The molecule has 1 atom stereocenters. The zero-order valence-electron chi connectivity index (χ0n) is 13.3. The van der Waals surface area contributed by atoms with E-state index in [0.29, 0.717) is 5.65 Å². The van der Waals surface area contributed by atoms with Crippen molar-refractivity contribution in [3.8, 4) is 0 Å². The number of aromatic nitrogens is 2. The van der Waals surface area contributed by atoms with Crippen molar-refractivity contribution in [2.75, 3.05) is 5.32 Å². The van der Waals surface area contributed by atoms with E-state index in [2.05, 4.69) is 10.3 Å². The maximum atomic E-state index is 13.2. The molecule has 1 unspecified atom stereocenters. The van der Waals surface area contributed by atoms with Crippen molar-refractivity contribution in [1.29, 1.82) is 0 Å². The summed E-state index contributed by atoms with van der Waals surface area (Å²) in [5.74, 6) is -0.104. The van der Waals surface area contributed by atoms with Crippen molar-refractivity contribution >= 4 is 17.3 Å². The predicted molar refractivity (Wildman–Crippen MR) is 89.4 cm³/mol. The Labute approximate surface area is 138 Å².